The molecule has 0 unspecified atom stereocenters. The number of nitrogens with one attached hydrogen (secondary N) is 2. The molecule has 8 nitrogen and oxygen atoms in total. The van der Waals surface area contributed by atoms with Crippen molar-refractivity contribution in [3.63, 3.8) is 0 Å². The first-order valence-electron chi connectivity index (χ1n) is 11.2. The summed E-state index contributed by atoms with van der Waals surface area (Å²) in [7, 11) is -3.81. The fraction of sp³-hybridized carbons (Fsp3) is 0.200. The normalized spacial score (nSPS) is 14.8. The van der Waals surface area contributed by atoms with Crippen molar-refractivity contribution in [3.8, 4) is 0 Å². The van der Waals surface area contributed by atoms with E-state index < -0.39 is 10.0 Å². The van der Waals surface area contributed by atoms with Crippen LogP contribution >= 0.6 is 23.2 Å². The zero-order chi connectivity index (χ0) is 25.7. The average molecular weight is 547 g/mol. The molecule has 0 saturated carbocycles. The van der Waals surface area contributed by atoms with E-state index in [0.717, 1.165) is 0 Å². The third kappa shape index (κ3) is 6.24. The minimum absolute atomic E-state index is 0.0340. The van der Waals surface area contributed by atoms with Gasteiger partial charge in [-0.05, 0) is 42.5 Å². The molecular weight excluding hydrogens is 523 g/mol. The third-order valence-electron chi connectivity index (χ3n) is 5.69. The number of benzene rings is 3. The summed E-state index contributed by atoms with van der Waals surface area (Å²) in [5, 5.41) is 6.00. The Hall–Kier alpha value is -2.95. The number of carbonyl (C=O) groups is 2. The van der Waals surface area contributed by atoms with Crippen LogP contribution in [0.3, 0.4) is 0 Å². The monoisotopic (exact) mass is 546 g/mol. The zero-order valence-corrected chi connectivity index (χ0v) is 21.5. The number of anilines is 2. The van der Waals surface area contributed by atoms with E-state index in [0.29, 0.717) is 30.0 Å². The molecule has 1 fully saturated rings. The second-order valence-electron chi connectivity index (χ2n) is 8.17. The van der Waals surface area contributed by atoms with Crippen molar-refractivity contribution in [2.45, 2.75) is 4.90 Å². The van der Waals surface area contributed by atoms with Crippen LogP contribution in [0.5, 0.6) is 0 Å². The van der Waals surface area contributed by atoms with Crippen molar-refractivity contribution < 1.29 is 18.0 Å². The quantitative estimate of drug-likeness (QED) is 0.462. The number of hydrogen-bond donors (Lipinski definition) is 2. The molecule has 0 aliphatic carbocycles. The van der Waals surface area contributed by atoms with Gasteiger partial charge in [0.1, 0.15) is 4.90 Å². The Bertz CT molecular complexity index is 1360. The molecule has 36 heavy (non-hydrogen) atoms. The first-order chi connectivity index (χ1) is 17.2. The molecule has 0 radical (unpaired) electrons. The number of piperazine rings is 1. The van der Waals surface area contributed by atoms with Crippen LogP contribution in [-0.2, 0) is 14.8 Å². The molecule has 2 N–H and O–H groups in total. The van der Waals surface area contributed by atoms with Crippen molar-refractivity contribution in [2.24, 2.45) is 0 Å². The fourth-order valence-electron chi connectivity index (χ4n) is 3.84. The standard InChI is InChI=1S/C25H24Cl2N4O4S/c26-18-10-11-21(27)23(16-18)36(34,35)31-14-12-30(13-15-31)17-24(32)29-22-9-5-4-8-20(22)25(33)28-19-6-2-1-3-7-19/h1-11,16H,12-15,17H2,(H,28,33)(H,29,32). The molecule has 1 heterocycles. The van der Waals surface area contributed by atoms with Crippen molar-refractivity contribution in [1.82, 2.24) is 9.21 Å². The summed E-state index contributed by atoms with van der Waals surface area (Å²) in [5.41, 5.74) is 1.38. The van der Waals surface area contributed by atoms with Gasteiger partial charge in [0.15, 0.2) is 0 Å². The molecule has 0 spiro atoms. The second kappa shape index (κ2) is 11.4. The smallest absolute Gasteiger partial charge is 0.257 e. The third-order valence-corrected chi connectivity index (χ3v) is 8.30. The molecule has 188 valence electrons. The molecule has 11 heteroatoms. The Labute approximate surface area is 219 Å². The summed E-state index contributed by atoms with van der Waals surface area (Å²) >= 11 is 12.1. The number of para-hydroxylation sites is 2. The lowest BCUT2D eigenvalue weighted by molar-refractivity contribution is -0.117. The Balaban J connectivity index is 1.35. The number of amides is 2. The van der Waals surface area contributed by atoms with Gasteiger partial charge < -0.3 is 10.6 Å². The molecule has 1 saturated heterocycles. The van der Waals surface area contributed by atoms with Gasteiger partial charge in [-0.3, -0.25) is 14.5 Å². The number of rotatable bonds is 7. The topological polar surface area (TPSA) is 98.8 Å². The summed E-state index contributed by atoms with van der Waals surface area (Å²) < 4.78 is 27.4. The van der Waals surface area contributed by atoms with E-state index in [2.05, 4.69) is 10.6 Å². The van der Waals surface area contributed by atoms with Crippen LogP contribution < -0.4 is 10.6 Å². The molecule has 3 aromatic rings. The average Bonchev–Trinajstić information content (AvgIpc) is 2.86. The summed E-state index contributed by atoms with van der Waals surface area (Å²) in [6, 6.07) is 20.1. The van der Waals surface area contributed by atoms with Gasteiger partial charge in [0.2, 0.25) is 15.9 Å². The van der Waals surface area contributed by atoms with Crippen LogP contribution in [0.25, 0.3) is 0 Å². The highest BCUT2D eigenvalue weighted by molar-refractivity contribution is 7.89. The van der Waals surface area contributed by atoms with Gasteiger partial charge in [0.05, 0.1) is 22.8 Å². The Morgan fingerprint density at radius 2 is 1.50 bits per heavy atom. The predicted molar refractivity (Wildman–Crippen MR) is 141 cm³/mol. The van der Waals surface area contributed by atoms with Crippen LogP contribution in [0.4, 0.5) is 11.4 Å². The molecule has 0 aromatic heterocycles. The number of hydrogen-bond acceptors (Lipinski definition) is 5. The first kappa shape index (κ1) is 26.1. The van der Waals surface area contributed by atoms with Gasteiger partial charge in [0.25, 0.3) is 5.91 Å². The van der Waals surface area contributed by atoms with Gasteiger partial charge in [-0.15, -0.1) is 0 Å². The van der Waals surface area contributed by atoms with Crippen molar-refractivity contribution in [3.05, 3.63) is 88.4 Å². The maximum Gasteiger partial charge on any atom is 0.257 e. The maximum absolute atomic E-state index is 13.0. The Kier molecular flexibility index (Phi) is 8.28. The van der Waals surface area contributed by atoms with E-state index in [9.17, 15) is 18.0 Å². The largest absolute Gasteiger partial charge is 0.324 e. The van der Waals surface area contributed by atoms with Gasteiger partial charge in [0, 0.05) is 36.9 Å². The lowest BCUT2D eigenvalue weighted by atomic mass is 10.1. The maximum atomic E-state index is 13.0. The summed E-state index contributed by atoms with van der Waals surface area (Å²) in [6.45, 7) is 1.19. The van der Waals surface area contributed by atoms with E-state index in [-0.39, 0.29) is 46.4 Å². The lowest BCUT2D eigenvalue weighted by Gasteiger charge is -2.33. The van der Waals surface area contributed by atoms with Crippen LogP contribution in [-0.4, -0.2) is 62.2 Å². The molecule has 0 atom stereocenters. The van der Waals surface area contributed by atoms with Gasteiger partial charge in [-0.2, -0.15) is 4.31 Å². The zero-order valence-electron chi connectivity index (χ0n) is 19.2. The van der Waals surface area contributed by atoms with E-state index >= 15 is 0 Å². The van der Waals surface area contributed by atoms with E-state index in [4.69, 9.17) is 23.2 Å². The summed E-state index contributed by atoms with van der Waals surface area (Å²) in [5.74, 6) is -0.639. The van der Waals surface area contributed by atoms with Crippen LogP contribution in [0.15, 0.2) is 77.7 Å². The molecule has 3 aromatic carbocycles. The fourth-order valence-corrected chi connectivity index (χ4v) is 6.00. The molecule has 1 aliphatic rings. The highest BCUT2D eigenvalue weighted by atomic mass is 35.5. The van der Waals surface area contributed by atoms with Crippen LogP contribution in [0.1, 0.15) is 10.4 Å². The summed E-state index contributed by atoms with van der Waals surface area (Å²) in [4.78, 5) is 27.3. The molecule has 1 aliphatic heterocycles. The van der Waals surface area contributed by atoms with E-state index in [1.807, 2.05) is 23.1 Å². The van der Waals surface area contributed by atoms with Gasteiger partial charge in [-0.1, -0.05) is 53.5 Å². The van der Waals surface area contributed by atoms with Gasteiger partial charge >= 0.3 is 0 Å². The number of halogens is 2. The first-order valence-corrected chi connectivity index (χ1v) is 13.4. The molecule has 2 amide bonds. The lowest BCUT2D eigenvalue weighted by Crippen LogP contribution is -2.50. The Morgan fingerprint density at radius 3 is 2.22 bits per heavy atom. The van der Waals surface area contributed by atoms with Crippen molar-refractivity contribution in [2.75, 3.05) is 43.4 Å². The number of nitrogens with zero attached hydrogens (tertiary/aromatic N) is 2. The molecule has 0 bridgehead atoms. The van der Waals surface area contributed by atoms with E-state index in [1.165, 1.54) is 22.5 Å². The van der Waals surface area contributed by atoms with Crippen molar-refractivity contribution in [1.29, 1.82) is 0 Å². The predicted octanol–water partition coefficient (Wildman–Crippen LogP) is 4.19. The Morgan fingerprint density at radius 1 is 0.833 bits per heavy atom. The minimum atomic E-state index is -3.81. The molecular formula is C25H24Cl2N4O4S. The highest BCUT2D eigenvalue weighted by Crippen LogP contribution is 2.28. The number of carbonyl (C=O) groups excluding carboxylic acids is 2. The minimum Gasteiger partial charge on any atom is -0.324 e. The second-order valence-corrected chi connectivity index (χ2v) is 10.9. The van der Waals surface area contributed by atoms with Crippen LogP contribution in [0, 0.1) is 0 Å². The molecule has 4 rings (SSSR count). The highest BCUT2D eigenvalue weighted by Gasteiger charge is 2.31. The number of sulfonamides is 1. The van der Waals surface area contributed by atoms with Gasteiger partial charge in [-0.25, -0.2) is 8.42 Å². The summed E-state index contributed by atoms with van der Waals surface area (Å²) in [6.07, 6.45) is 0. The van der Waals surface area contributed by atoms with E-state index in [1.54, 1.807) is 36.4 Å². The SMILES string of the molecule is O=C(CN1CCN(S(=O)(=O)c2cc(Cl)ccc2Cl)CC1)Nc1ccccc1C(=O)Nc1ccccc1. The van der Waals surface area contributed by atoms with Crippen molar-refractivity contribution >= 4 is 56.4 Å². The van der Waals surface area contributed by atoms with Crippen LogP contribution in [0.2, 0.25) is 10.0 Å².